The molecule has 0 aliphatic heterocycles. The second kappa shape index (κ2) is 8.13. The molecular formula is C26H26N4O2. The Bertz CT molecular complexity index is 1330. The molecule has 1 aliphatic carbocycles. The van der Waals surface area contributed by atoms with Crippen LogP contribution in [0.15, 0.2) is 66.7 Å². The van der Waals surface area contributed by atoms with Crippen LogP contribution in [0.4, 0.5) is 0 Å². The number of hydrogen-bond donors (Lipinski definition) is 3. The molecule has 5 N–H and O–H groups in total. The Kier molecular flexibility index (Phi) is 5.15. The Balaban J connectivity index is 1.67. The number of hydrogen-bond acceptors (Lipinski definition) is 3. The van der Waals surface area contributed by atoms with Crippen molar-refractivity contribution in [1.29, 1.82) is 0 Å². The lowest BCUT2D eigenvalue weighted by molar-refractivity contribution is 0.0918. The van der Waals surface area contributed by atoms with Crippen LogP contribution in [0.3, 0.4) is 0 Å². The van der Waals surface area contributed by atoms with E-state index in [9.17, 15) is 9.59 Å². The molecular weight excluding hydrogens is 400 g/mol. The Morgan fingerprint density at radius 1 is 0.875 bits per heavy atom. The summed E-state index contributed by atoms with van der Waals surface area (Å²) in [6.07, 6.45) is 3.60. The Labute approximate surface area is 186 Å². The zero-order valence-electron chi connectivity index (χ0n) is 17.8. The monoisotopic (exact) mass is 426 g/mol. The molecule has 1 heterocycles. The fourth-order valence-corrected chi connectivity index (χ4v) is 4.71. The molecule has 1 fully saturated rings. The molecule has 2 amide bonds. The maximum Gasteiger partial charge on any atom is 0.268 e. The first-order valence-corrected chi connectivity index (χ1v) is 11.0. The molecule has 1 aliphatic rings. The lowest BCUT2D eigenvalue weighted by Gasteiger charge is -2.27. The number of nitrogens with zero attached hydrogens (tertiary/aromatic N) is 1. The summed E-state index contributed by atoms with van der Waals surface area (Å²) in [6, 6.07) is 21.6. The first kappa shape index (κ1) is 20.3. The summed E-state index contributed by atoms with van der Waals surface area (Å²) in [6.45, 7) is 0. The van der Waals surface area contributed by atoms with E-state index in [2.05, 4.69) is 5.32 Å². The molecule has 4 aromatic rings. The van der Waals surface area contributed by atoms with Crippen LogP contribution in [-0.4, -0.2) is 28.5 Å². The Hall–Kier alpha value is -3.64. The molecule has 0 bridgehead atoms. The summed E-state index contributed by atoms with van der Waals surface area (Å²) in [5.41, 5.74) is 14.2. The van der Waals surface area contributed by atoms with E-state index in [1.54, 1.807) is 12.1 Å². The molecule has 162 valence electrons. The van der Waals surface area contributed by atoms with Crippen molar-refractivity contribution in [3.63, 3.8) is 0 Å². The average molecular weight is 427 g/mol. The predicted molar refractivity (Wildman–Crippen MR) is 127 cm³/mol. The van der Waals surface area contributed by atoms with Gasteiger partial charge in [0.15, 0.2) is 0 Å². The molecule has 1 saturated carbocycles. The minimum absolute atomic E-state index is 0.113. The predicted octanol–water partition coefficient (Wildman–Crippen LogP) is 3.88. The van der Waals surface area contributed by atoms with Crippen molar-refractivity contribution < 1.29 is 9.59 Å². The maximum atomic E-state index is 13.5. The first-order chi connectivity index (χ1) is 15.5. The number of nitrogens with one attached hydrogen (secondary N) is 1. The van der Waals surface area contributed by atoms with Crippen molar-refractivity contribution >= 4 is 33.5 Å². The summed E-state index contributed by atoms with van der Waals surface area (Å²) in [7, 11) is 0. The molecule has 6 nitrogen and oxygen atoms in total. The minimum atomic E-state index is -0.498. The van der Waals surface area contributed by atoms with Gasteiger partial charge >= 0.3 is 0 Å². The highest BCUT2D eigenvalue weighted by Gasteiger charge is 2.24. The molecule has 0 unspecified atom stereocenters. The third kappa shape index (κ3) is 3.63. The van der Waals surface area contributed by atoms with Crippen LogP contribution in [-0.2, 0) is 0 Å². The van der Waals surface area contributed by atoms with Crippen LogP contribution in [0, 0.1) is 0 Å². The Morgan fingerprint density at radius 3 is 2.41 bits per heavy atom. The standard InChI is InChI=1S/C26H26N4O2/c27-19-10-12-20(13-11-19)29-26(32)24-14-17-8-9-18(25(28)31)15-23(17)30(24)22-7-3-5-16-4-1-2-6-21(16)22/h1-9,14-15,19-20H,10-13,27H2,(H2,28,31)(H,29,32). The van der Waals surface area contributed by atoms with E-state index in [4.69, 9.17) is 11.5 Å². The number of fused-ring (bicyclic) bond motifs is 2. The van der Waals surface area contributed by atoms with E-state index >= 15 is 0 Å². The molecule has 5 rings (SSSR count). The summed E-state index contributed by atoms with van der Waals surface area (Å²) in [5, 5.41) is 6.18. The lowest BCUT2D eigenvalue weighted by Crippen LogP contribution is -2.41. The van der Waals surface area contributed by atoms with Crippen molar-refractivity contribution in [1.82, 2.24) is 9.88 Å². The fraction of sp³-hybridized carbons (Fsp3) is 0.231. The van der Waals surface area contributed by atoms with Gasteiger partial charge in [-0.1, -0.05) is 42.5 Å². The number of carbonyl (C=O) groups is 2. The second-order valence-electron chi connectivity index (χ2n) is 8.59. The van der Waals surface area contributed by atoms with Gasteiger partial charge < -0.3 is 21.4 Å². The molecule has 1 aromatic heterocycles. The van der Waals surface area contributed by atoms with Gasteiger partial charge in [0.2, 0.25) is 5.91 Å². The van der Waals surface area contributed by atoms with Gasteiger partial charge in [0, 0.05) is 28.4 Å². The van der Waals surface area contributed by atoms with Crippen LogP contribution in [0.25, 0.3) is 27.4 Å². The number of carbonyl (C=O) groups excluding carboxylic acids is 2. The SMILES string of the molecule is NC(=O)c1ccc2cc(C(=O)NC3CCC(N)CC3)n(-c3cccc4ccccc34)c2c1. The van der Waals surface area contributed by atoms with Crippen molar-refractivity contribution in [3.8, 4) is 5.69 Å². The van der Waals surface area contributed by atoms with Gasteiger partial charge in [0.1, 0.15) is 5.69 Å². The van der Waals surface area contributed by atoms with E-state index in [0.29, 0.717) is 11.3 Å². The summed E-state index contributed by atoms with van der Waals surface area (Å²) >= 11 is 0. The normalized spacial score (nSPS) is 18.7. The largest absolute Gasteiger partial charge is 0.366 e. The highest BCUT2D eigenvalue weighted by Crippen LogP contribution is 2.30. The highest BCUT2D eigenvalue weighted by atomic mass is 16.2. The average Bonchev–Trinajstić information content (AvgIpc) is 3.19. The number of benzene rings is 3. The van der Waals surface area contributed by atoms with Crippen LogP contribution < -0.4 is 16.8 Å². The molecule has 0 spiro atoms. The van der Waals surface area contributed by atoms with Crippen LogP contribution >= 0.6 is 0 Å². The van der Waals surface area contributed by atoms with Gasteiger partial charge in [-0.3, -0.25) is 9.59 Å². The smallest absolute Gasteiger partial charge is 0.268 e. The van der Waals surface area contributed by atoms with Crippen molar-refractivity contribution in [2.24, 2.45) is 11.5 Å². The maximum absolute atomic E-state index is 13.5. The zero-order valence-corrected chi connectivity index (χ0v) is 17.8. The Morgan fingerprint density at radius 2 is 1.62 bits per heavy atom. The van der Waals surface area contributed by atoms with Gasteiger partial charge in [-0.25, -0.2) is 0 Å². The number of rotatable bonds is 4. The summed E-state index contributed by atoms with van der Waals surface area (Å²) in [4.78, 5) is 25.3. The van der Waals surface area contributed by atoms with Crippen LogP contribution in [0.2, 0.25) is 0 Å². The van der Waals surface area contributed by atoms with Crippen molar-refractivity contribution in [3.05, 3.63) is 78.0 Å². The number of primary amides is 1. The van der Waals surface area contributed by atoms with Gasteiger partial charge in [0.25, 0.3) is 5.91 Å². The third-order valence-electron chi connectivity index (χ3n) is 6.44. The van der Waals surface area contributed by atoms with Gasteiger partial charge in [-0.05, 0) is 55.3 Å². The molecule has 32 heavy (non-hydrogen) atoms. The highest BCUT2D eigenvalue weighted by molar-refractivity contribution is 6.04. The molecule has 3 aromatic carbocycles. The van der Waals surface area contributed by atoms with Crippen LogP contribution in [0.5, 0.6) is 0 Å². The number of nitrogens with two attached hydrogens (primary N) is 2. The number of amides is 2. The third-order valence-corrected chi connectivity index (χ3v) is 6.44. The van der Waals surface area contributed by atoms with E-state index in [-0.39, 0.29) is 18.0 Å². The van der Waals surface area contributed by atoms with E-state index in [1.165, 1.54) is 0 Å². The number of aromatic nitrogens is 1. The molecule has 0 atom stereocenters. The quantitative estimate of drug-likeness (QED) is 0.461. The fourth-order valence-electron chi connectivity index (χ4n) is 4.71. The lowest BCUT2D eigenvalue weighted by atomic mass is 9.92. The van der Waals surface area contributed by atoms with Gasteiger partial charge in [-0.2, -0.15) is 0 Å². The molecule has 0 saturated heterocycles. The van der Waals surface area contributed by atoms with Gasteiger partial charge in [0.05, 0.1) is 11.2 Å². The van der Waals surface area contributed by atoms with Gasteiger partial charge in [-0.15, -0.1) is 0 Å². The zero-order chi connectivity index (χ0) is 22.2. The van der Waals surface area contributed by atoms with Crippen LogP contribution in [0.1, 0.15) is 46.5 Å². The summed E-state index contributed by atoms with van der Waals surface area (Å²) < 4.78 is 1.94. The summed E-state index contributed by atoms with van der Waals surface area (Å²) in [5.74, 6) is -0.627. The first-order valence-electron chi connectivity index (χ1n) is 11.0. The van der Waals surface area contributed by atoms with Crippen molar-refractivity contribution in [2.45, 2.75) is 37.8 Å². The van der Waals surface area contributed by atoms with Crippen molar-refractivity contribution in [2.75, 3.05) is 0 Å². The molecule has 6 heteroatoms. The van der Waals surface area contributed by atoms with E-state index in [0.717, 1.165) is 53.0 Å². The van der Waals surface area contributed by atoms with E-state index in [1.807, 2.05) is 59.2 Å². The minimum Gasteiger partial charge on any atom is -0.366 e. The van der Waals surface area contributed by atoms with E-state index < -0.39 is 5.91 Å². The topological polar surface area (TPSA) is 103 Å². The molecule has 0 radical (unpaired) electrons. The second-order valence-corrected chi connectivity index (χ2v) is 8.59.